The molecule has 10 heteroatoms. The summed E-state index contributed by atoms with van der Waals surface area (Å²) < 4.78 is 39.4. The normalized spacial score (nSPS) is 11.9. The molecular weight excluding hydrogens is 374 g/mol. The van der Waals surface area contributed by atoms with E-state index in [-0.39, 0.29) is 16.3 Å². The van der Waals surface area contributed by atoms with Gasteiger partial charge in [-0.05, 0) is 38.5 Å². The van der Waals surface area contributed by atoms with Crippen LogP contribution in [0.1, 0.15) is 31.8 Å². The summed E-state index contributed by atoms with van der Waals surface area (Å²) in [6, 6.07) is 3.86. The first-order valence-corrected chi connectivity index (χ1v) is 9.93. The van der Waals surface area contributed by atoms with E-state index in [2.05, 4.69) is 15.1 Å². The van der Waals surface area contributed by atoms with Crippen LogP contribution in [0.2, 0.25) is 0 Å². The van der Waals surface area contributed by atoms with Crippen molar-refractivity contribution in [2.45, 2.75) is 38.5 Å². The highest BCUT2D eigenvalue weighted by atomic mass is 32.2. The van der Waals surface area contributed by atoms with Crippen molar-refractivity contribution < 1.29 is 17.7 Å². The van der Waals surface area contributed by atoms with Gasteiger partial charge in [0.25, 0.3) is 15.7 Å². The second-order valence-corrected chi connectivity index (χ2v) is 7.41. The predicted octanol–water partition coefficient (Wildman–Crippen LogP) is 1.99. The third-order valence-electron chi connectivity index (χ3n) is 4.02. The maximum Gasteiger partial charge on any atom is 0.294 e. The Bertz CT molecular complexity index is 1160. The van der Waals surface area contributed by atoms with Gasteiger partial charge in [-0.2, -0.15) is 8.42 Å². The number of aromatic nitrogens is 4. The van der Waals surface area contributed by atoms with Gasteiger partial charge in [0.1, 0.15) is 11.6 Å². The van der Waals surface area contributed by atoms with E-state index in [4.69, 9.17) is 4.74 Å². The number of aryl methyl sites for hydroxylation is 2. The zero-order valence-corrected chi connectivity index (χ0v) is 16.0. The number of rotatable bonds is 6. The van der Waals surface area contributed by atoms with Crippen molar-refractivity contribution in [3.05, 3.63) is 40.1 Å². The number of nitrogens with zero attached hydrogens (tertiary/aromatic N) is 3. The van der Waals surface area contributed by atoms with Crippen LogP contribution < -0.4 is 10.3 Å². The maximum absolute atomic E-state index is 12.6. The molecule has 2 aromatic heterocycles. The third-order valence-corrected chi connectivity index (χ3v) is 4.87. The van der Waals surface area contributed by atoms with Gasteiger partial charge in [-0.3, -0.25) is 9.35 Å². The Morgan fingerprint density at radius 1 is 1.33 bits per heavy atom. The number of nitrogens with one attached hydrogen (secondary N) is 1. The molecule has 9 nitrogen and oxygen atoms in total. The van der Waals surface area contributed by atoms with Crippen molar-refractivity contribution >= 4 is 15.6 Å². The Morgan fingerprint density at radius 2 is 2.07 bits per heavy atom. The fourth-order valence-corrected chi connectivity index (χ4v) is 3.39. The van der Waals surface area contributed by atoms with E-state index in [0.29, 0.717) is 35.8 Å². The van der Waals surface area contributed by atoms with Gasteiger partial charge in [-0.25, -0.2) is 9.50 Å². The molecule has 2 heterocycles. The second-order valence-electron chi connectivity index (χ2n) is 5.99. The first-order chi connectivity index (χ1) is 12.8. The lowest BCUT2D eigenvalue weighted by molar-refractivity contribution is 0.341. The van der Waals surface area contributed by atoms with E-state index < -0.39 is 15.7 Å². The van der Waals surface area contributed by atoms with Crippen LogP contribution in [-0.4, -0.2) is 39.2 Å². The molecule has 0 atom stereocenters. The van der Waals surface area contributed by atoms with Gasteiger partial charge in [0.05, 0.1) is 22.8 Å². The standard InChI is InChI=1S/C17H20N4O5S/c1-4-6-14-18-10(3)15-17(22)19-16(20-21(14)15)12-9-11(27(23,24)25)7-8-13(12)26-5-2/h7-9H,4-6H2,1-3H3,(H,19,20,22)(H,23,24,25)/i16+2. The quantitative estimate of drug-likeness (QED) is 0.612. The Labute approximate surface area is 155 Å². The van der Waals surface area contributed by atoms with E-state index in [1.54, 1.807) is 13.8 Å². The van der Waals surface area contributed by atoms with E-state index in [1.807, 2.05) is 6.92 Å². The van der Waals surface area contributed by atoms with Gasteiger partial charge < -0.3 is 9.72 Å². The molecule has 1 aromatic carbocycles. The molecule has 0 amide bonds. The summed E-state index contributed by atoms with van der Waals surface area (Å²) >= 11 is 0. The smallest absolute Gasteiger partial charge is 0.294 e. The minimum atomic E-state index is -4.42. The van der Waals surface area contributed by atoms with Crippen molar-refractivity contribution in [2.24, 2.45) is 0 Å². The van der Waals surface area contributed by atoms with Crippen molar-refractivity contribution in [3.63, 3.8) is 0 Å². The third kappa shape index (κ3) is 3.58. The highest BCUT2D eigenvalue weighted by Crippen LogP contribution is 2.30. The summed E-state index contributed by atoms with van der Waals surface area (Å²) in [5.41, 5.74) is 0.758. The largest absolute Gasteiger partial charge is 0.493 e. The van der Waals surface area contributed by atoms with Gasteiger partial charge in [0.15, 0.2) is 11.3 Å². The number of benzene rings is 1. The molecule has 0 saturated carbocycles. The molecule has 3 aromatic rings. The molecule has 144 valence electrons. The minimum absolute atomic E-state index is 0.121. The molecule has 0 aliphatic carbocycles. The Kier molecular flexibility index (Phi) is 5.03. The molecule has 3 rings (SSSR count). The Balaban J connectivity index is 2.31. The monoisotopic (exact) mass is 394 g/mol. The highest BCUT2D eigenvalue weighted by molar-refractivity contribution is 7.85. The molecule has 0 aliphatic heterocycles. The molecule has 0 fully saturated rings. The van der Waals surface area contributed by atoms with Gasteiger partial charge in [-0.1, -0.05) is 6.92 Å². The zero-order chi connectivity index (χ0) is 19.8. The number of H-pyrrole nitrogens is 1. The number of fused-ring (bicyclic) bond motifs is 1. The number of hydrogen-bond acceptors (Lipinski definition) is 6. The van der Waals surface area contributed by atoms with Gasteiger partial charge in [0, 0.05) is 6.42 Å². The van der Waals surface area contributed by atoms with E-state index in [9.17, 15) is 17.8 Å². The highest BCUT2D eigenvalue weighted by Gasteiger charge is 2.19. The average Bonchev–Trinajstić information content (AvgIpc) is 2.91. The first-order valence-electron chi connectivity index (χ1n) is 8.49. The molecule has 0 unspecified atom stereocenters. The zero-order valence-electron chi connectivity index (χ0n) is 15.2. The summed E-state index contributed by atoms with van der Waals surface area (Å²) in [6.07, 6.45) is 1.46. The number of aromatic amines is 1. The van der Waals surface area contributed by atoms with Crippen LogP contribution in [0.3, 0.4) is 0 Å². The summed E-state index contributed by atoms with van der Waals surface area (Å²) in [5.74, 6) is 1.10. The molecule has 27 heavy (non-hydrogen) atoms. The maximum atomic E-state index is 12.6. The molecule has 0 bridgehead atoms. The number of hydrogen-bond donors (Lipinski definition) is 2. The lowest BCUT2D eigenvalue weighted by atomic mass is 10.3. The minimum Gasteiger partial charge on any atom is -0.493 e. The Hall–Kier alpha value is -2.72. The summed E-state index contributed by atoms with van der Waals surface area (Å²) in [4.78, 5) is 19.3. The van der Waals surface area contributed by atoms with Crippen LogP contribution in [0.5, 0.6) is 5.75 Å². The lowest BCUT2D eigenvalue weighted by Crippen LogP contribution is -2.16. The predicted molar refractivity (Wildman–Crippen MR) is 98.8 cm³/mol. The fraction of sp³-hybridized carbons (Fsp3) is 0.353. The van der Waals surface area contributed by atoms with Crippen molar-refractivity contribution in [1.29, 1.82) is 0 Å². The molecular formula is C17H20N4O5S. The summed E-state index contributed by atoms with van der Waals surface area (Å²) in [5, 5.41) is 4.45. The number of imidazole rings is 1. The summed E-state index contributed by atoms with van der Waals surface area (Å²) in [6.45, 7) is 5.83. The average molecular weight is 394 g/mol. The van der Waals surface area contributed by atoms with E-state index in [1.165, 1.54) is 22.7 Å². The fourth-order valence-electron chi connectivity index (χ4n) is 2.88. The van der Waals surface area contributed by atoms with Crippen LogP contribution >= 0.6 is 0 Å². The van der Waals surface area contributed by atoms with Crippen LogP contribution in [0.4, 0.5) is 0 Å². The molecule has 0 radical (unpaired) electrons. The van der Waals surface area contributed by atoms with E-state index >= 15 is 0 Å². The molecule has 0 saturated heterocycles. The summed E-state index contributed by atoms with van der Waals surface area (Å²) in [7, 11) is -4.42. The Morgan fingerprint density at radius 3 is 2.70 bits per heavy atom. The van der Waals surface area contributed by atoms with Crippen molar-refractivity contribution in [2.75, 3.05) is 6.61 Å². The molecule has 0 aliphatic rings. The van der Waals surface area contributed by atoms with Gasteiger partial charge >= 0.3 is 0 Å². The van der Waals surface area contributed by atoms with Crippen LogP contribution in [0.25, 0.3) is 16.9 Å². The molecule has 2 N–H and O–H groups in total. The van der Waals surface area contributed by atoms with Crippen LogP contribution in [0, 0.1) is 6.92 Å². The number of ether oxygens (including phenoxy) is 1. The topological polar surface area (TPSA) is 127 Å². The lowest BCUT2D eigenvalue weighted by Gasteiger charge is -2.11. The van der Waals surface area contributed by atoms with E-state index in [0.717, 1.165) is 6.42 Å². The van der Waals surface area contributed by atoms with Gasteiger partial charge in [0.2, 0.25) is 0 Å². The second kappa shape index (κ2) is 7.12. The van der Waals surface area contributed by atoms with Crippen LogP contribution in [0.15, 0.2) is 27.9 Å². The van der Waals surface area contributed by atoms with Crippen molar-refractivity contribution in [1.82, 2.24) is 19.6 Å². The molecule has 0 spiro atoms. The van der Waals surface area contributed by atoms with Crippen molar-refractivity contribution in [3.8, 4) is 17.1 Å². The SMILES string of the molecule is CCCc1nc(C)c2c(=O)[nH][14c](-c3cc(S(=O)(=O)O)ccc3OCC)nn12. The van der Waals surface area contributed by atoms with Crippen LogP contribution in [-0.2, 0) is 16.5 Å². The first kappa shape index (κ1) is 19.1. The van der Waals surface area contributed by atoms with Gasteiger partial charge in [-0.15, -0.1) is 5.10 Å².